The summed E-state index contributed by atoms with van der Waals surface area (Å²) in [6, 6.07) is 14.3. The Morgan fingerprint density at radius 3 is 2.18 bits per heavy atom. The van der Waals surface area contributed by atoms with Crippen LogP contribution >= 0.6 is 0 Å². The second kappa shape index (κ2) is 9.05. The van der Waals surface area contributed by atoms with Crippen LogP contribution in [-0.4, -0.2) is 11.8 Å². The molecule has 2 aromatic rings. The molecule has 0 spiro atoms. The van der Waals surface area contributed by atoms with Crippen LogP contribution in [0.15, 0.2) is 42.5 Å². The zero-order chi connectivity index (χ0) is 20.1. The van der Waals surface area contributed by atoms with Crippen molar-refractivity contribution in [2.75, 3.05) is 5.32 Å². The zero-order valence-corrected chi connectivity index (χ0v) is 17.0. The Kier molecular flexibility index (Phi) is 6.50. The lowest BCUT2D eigenvalue weighted by Crippen LogP contribution is -2.35. The third-order valence-corrected chi connectivity index (χ3v) is 5.67. The van der Waals surface area contributed by atoms with E-state index in [-0.39, 0.29) is 23.7 Å². The molecule has 4 nitrogen and oxygen atoms in total. The van der Waals surface area contributed by atoms with E-state index in [2.05, 4.69) is 29.7 Å². The first-order valence-corrected chi connectivity index (χ1v) is 10.1. The number of benzene rings is 2. The molecule has 0 bridgehead atoms. The second-order valence-electron chi connectivity index (χ2n) is 8.06. The van der Waals surface area contributed by atoms with Crippen LogP contribution in [0.25, 0.3) is 0 Å². The summed E-state index contributed by atoms with van der Waals surface area (Å²) in [7, 11) is 0. The number of aryl methyl sites for hydroxylation is 3. The molecule has 2 amide bonds. The Bertz CT molecular complexity index is 851. The van der Waals surface area contributed by atoms with Gasteiger partial charge in [-0.3, -0.25) is 9.59 Å². The fraction of sp³-hybridized carbons (Fsp3) is 0.417. The van der Waals surface area contributed by atoms with E-state index < -0.39 is 0 Å². The first-order valence-electron chi connectivity index (χ1n) is 10.1. The second-order valence-corrected chi connectivity index (χ2v) is 8.06. The molecule has 2 aromatic carbocycles. The van der Waals surface area contributed by atoms with E-state index in [1.54, 1.807) is 0 Å². The van der Waals surface area contributed by atoms with Crippen LogP contribution in [0.4, 0.5) is 5.69 Å². The lowest BCUT2D eigenvalue weighted by Gasteiger charge is -2.27. The summed E-state index contributed by atoms with van der Waals surface area (Å²) in [4.78, 5) is 25.1. The molecule has 1 aliphatic rings. The maximum atomic E-state index is 12.6. The molecule has 4 heteroatoms. The summed E-state index contributed by atoms with van der Waals surface area (Å²) in [5.74, 6) is 0.178. The van der Waals surface area contributed by atoms with Gasteiger partial charge in [0.25, 0.3) is 0 Å². The summed E-state index contributed by atoms with van der Waals surface area (Å²) >= 11 is 0. The van der Waals surface area contributed by atoms with E-state index in [1.165, 1.54) is 5.56 Å². The Labute approximate surface area is 167 Å². The van der Waals surface area contributed by atoms with Gasteiger partial charge in [-0.2, -0.15) is 0 Å². The van der Waals surface area contributed by atoms with Crippen LogP contribution in [0, 0.1) is 32.6 Å². The number of hydrogen-bond acceptors (Lipinski definition) is 2. The van der Waals surface area contributed by atoms with E-state index in [9.17, 15) is 9.59 Å². The van der Waals surface area contributed by atoms with E-state index in [0.717, 1.165) is 48.1 Å². The molecule has 0 aromatic heterocycles. The van der Waals surface area contributed by atoms with Crippen molar-refractivity contribution in [1.82, 2.24) is 5.32 Å². The van der Waals surface area contributed by atoms with Gasteiger partial charge in [0.1, 0.15) is 0 Å². The van der Waals surface area contributed by atoms with E-state index in [1.807, 2.05) is 44.2 Å². The SMILES string of the molecule is Cc1cccc(CNC(=O)C2CCC(C(=O)Nc3cc(C)ccc3C)CC2)c1. The molecule has 1 saturated carbocycles. The third-order valence-electron chi connectivity index (χ3n) is 5.67. The smallest absolute Gasteiger partial charge is 0.227 e. The molecular formula is C24H30N2O2. The van der Waals surface area contributed by atoms with Gasteiger partial charge in [-0.25, -0.2) is 0 Å². The third kappa shape index (κ3) is 5.22. The Balaban J connectivity index is 1.47. The minimum Gasteiger partial charge on any atom is -0.352 e. The van der Waals surface area contributed by atoms with Crippen LogP contribution in [-0.2, 0) is 16.1 Å². The molecule has 0 radical (unpaired) electrons. The van der Waals surface area contributed by atoms with Crippen LogP contribution in [0.1, 0.15) is 47.9 Å². The number of rotatable bonds is 5. The molecule has 0 aliphatic heterocycles. The van der Waals surface area contributed by atoms with E-state index in [4.69, 9.17) is 0 Å². The topological polar surface area (TPSA) is 58.2 Å². The summed E-state index contributed by atoms with van der Waals surface area (Å²) in [5, 5.41) is 6.13. The summed E-state index contributed by atoms with van der Waals surface area (Å²) < 4.78 is 0. The molecule has 2 N–H and O–H groups in total. The lowest BCUT2D eigenvalue weighted by atomic mass is 9.81. The van der Waals surface area contributed by atoms with Gasteiger partial charge in [-0.15, -0.1) is 0 Å². The maximum Gasteiger partial charge on any atom is 0.227 e. The Morgan fingerprint density at radius 1 is 0.857 bits per heavy atom. The van der Waals surface area contributed by atoms with Crippen LogP contribution in [0.2, 0.25) is 0 Å². The number of carbonyl (C=O) groups excluding carboxylic acids is 2. The number of amides is 2. The number of hydrogen-bond donors (Lipinski definition) is 2. The normalized spacial score (nSPS) is 19.1. The average Bonchev–Trinajstić information content (AvgIpc) is 2.69. The van der Waals surface area contributed by atoms with Crippen molar-refractivity contribution < 1.29 is 9.59 Å². The van der Waals surface area contributed by atoms with Gasteiger partial charge in [-0.05, 0) is 69.2 Å². The largest absolute Gasteiger partial charge is 0.352 e. The van der Waals surface area contributed by atoms with E-state index >= 15 is 0 Å². The summed E-state index contributed by atoms with van der Waals surface area (Å²) in [6.07, 6.45) is 3.06. The molecule has 28 heavy (non-hydrogen) atoms. The van der Waals surface area contributed by atoms with Gasteiger partial charge in [-0.1, -0.05) is 42.0 Å². The molecule has 0 atom stereocenters. The fourth-order valence-electron chi connectivity index (χ4n) is 3.88. The number of nitrogens with one attached hydrogen (secondary N) is 2. The van der Waals surface area contributed by atoms with Gasteiger partial charge < -0.3 is 10.6 Å². The highest BCUT2D eigenvalue weighted by atomic mass is 16.2. The van der Waals surface area contributed by atoms with Crippen LogP contribution in [0.3, 0.4) is 0 Å². The first kappa shape index (κ1) is 20.1. The molecule has 1 fully saturated rings. The standard InChI is InChI=1S/C24H30N2O2/c1-16-5-4-6-19(13-16)15-25-23(27)20-9-11-21(12-10-20)24(28)26-22-14-17(2)7-8-18(22)3/h4-8,13-14,20-21H,9-12,15H2,1-3H3,(H,25,27)(H,26,28). The van der Waals surface area contributed by atoms with Crippen molar-refractivity contribution in [2.24, 2.45) is 11.8 Å². The van der Waals surface area contributed by atoms with Crippen molar-refractivity contribution in [2.45, 2.75) is 53.0 Å². The molecular weight excluding hydrogens is 348 g/mol. The monoisotopic (exact) mass is 378 g/mol. The highest BCUT2D eigenvalue weighted by molar-refractivity contribution is 5.93. The van der Waals surface area contributed by atoms with Gasteiger partial charge in [0.15, 0.2) is 0 Å². The zero-order valence-electron chi connectivity index (χ0n) is 17.0. The lowest BCUT2D eigenvalue weighted by molar-refractivity contribution is -0.128. The number of anilines is 1. The van der Waals surface area contributed by atoms with Gasteiger partial charge in [0, 0.05) is 24.1 Å². The minimum absolute atomic E-state index is 0.00886. The Hall–Kier alpha value is -2.62. The van der Waals surface area contributed by atoms with Gasteiger partial charge in [0.2, 0.25) is 11.8 Å². The molecule has 3 rings (SSSR count). The van der Waals surface area contributed by atoms with Gasteiger partial charge in [0.05, 0.1) is 0 Å². The van der Waals surface area contributed by atoms with Crippen LogP contribution < -0.4 is 10.6 Å². The quantitative estimate of drug-likeness (QED) is 0.794. The first-order chi connectivity index (χ1) is 13.4. The minimum atomic E-state index is -0.0132. The number of carbonyl (C=O) groups is 2. The van der Waals surface area contributed by atoms with Crippen molar-refractivity contribution >= 4 is 17.5 Å². The fourth-order valence-corrected chi connectivity index (χ4v) is 3.88. The molecule has 0 unspecified atom stereocenters. The summed E-state index contributed by atoms with van der Waals surface area (Å²) in [5.41, 5.74) is 5.41. The summed E-state index contributed by atoms with van der Waals surface area (Å²) in [6.45, 7) is 6.64. The average molecular weight is 379 g/mol. The highest BCUT2D eigenvalue weighted by Crippen LogP contribution is 2.30. The predicted octanol–water partition coefficient (Wildman–Crippen LogP) is 4.67. The van der Waals surface area contributed by atoms with Crippen LogP contribution in [0.5, 0.6) is 0 Å². The highest BCUT2D eigenvalue weighted by Gasteiger charge is 2.30. The molecule has 0 saturated heterocycles. The van der Waals surface area contributed by atoms with E-state index in [0.29, 0.717) is 6.54 Å². The van der Waals surface area contributed by atoms with Gasteiger partial charge >= 0.3 is 0 Å². The molecule has 1 aliphatic carbocycles. The predicted molar refractivity (Wildman–Crippen MR) is 113 cm³/mol. The van der Waals surface area contributed by atoms with Crippen molar-refractivity contribution in [1.29, 1.82) is 0 Å². The van der Waals surface area contributed by atoms with Crippen molar-refractivity contribution in [3.8, 4) is 0 Å². The molecule has 0 heterocycles. The molecule has 148 valence electrons. The van der Waals surface area contributed by atoms with Crippen molar-refractivity contribution in [3.63, 3.8) is 0 Å². The van der Waals surface area contributed by atoms with Crippen molar-refractivity contribution in [3.05, 3.63) is 64.7 Å². The maximum absolute atomic E-state index is 12.6. The Morgan fingerprint density at radius 2 is 1.50 bits per heavy atom.